The highest BCUT2D eigenvalue weighted by atomic mass is 16.5. The molecule has 47 heavy (non-hydrogen) atoms. The minimum atomic E-state index is -1.00. The number of carbonyl (C=O) groups is 7. The highest BCUT2D eigenvalue weighted by Gasteiger charge is 2.44. The lowest BCUT2D eigenvalue weighted by Gasteiger charge is -2.24. The third-order valence-corrected chi connectivity index (χ3v) is 7.29. The van der Waals surface area contributed by atoms with Crippen molar-refractivity contribution < 1.29 is 38.3 Å². The molecule has 0 saturated carbocycles. The van der Waals surface area contributed by atoms with E-state index in [0.717, 1.165) is 5.56 Å². The van der Waals surface area contributed by atoms with Gasteiger partial charge < -0.3 is 31.3 Å². The van der Waals surface area contributed by atoms with E-state index in [2.05, 4.69) is 26.6 Å². The van der Waals surface area contributed by atoms with Crippen molar-refractivity contribution in [3.05, 3.63) is 35.9 Å². The Morgan fingerprint density at radius 2 is 1.40 bits per heavy atom. The van der Waals surface area contributed by atoms with Gasteiger partial charge in [0.15, 0.2) is 0 Å². The van der Waals surface area contributed by atoms with Crippen LogP contribution < -0.4 is 26.6 Å². The van der Waals surface area contributed by atoms with Gasteiger partial charge in [0, 0.05) is 25.8 Å². The molecule has 14 nitrogen and oxygen atoms in total. The Morgan fingerprint density at radius 3 is 2.02 bits per heavy atom. The van der Waals surface area contributed by atoms with Gasteiger partial charge in [0.1, 0.15) is 6.04 Å². The Balaban J connectivity index is 1.70. The molecule has 1 heterocycles. The summed E-state index contributed by atoms with van der Waals surface area (Å²) in [5.74, 6) is -3.43. The summed E-state index contributed by atoms with van der Waals surface area (Å²) in [7, 11) is 0. The zero-order valence-electron chi connectivity index (χ0n) is 28.3. The maximum Gasteiger partial charge on any atom is 0.243 e. The summed E-state index contributed by atoms with van der Waals surface area (Å²) in [6.45, 7) is 11.2. The molecule has 1 fully saturated rings. The maximum absolute atomic E-state index is 12.9. The van der Waals surface area contributed by atoms with E-state index in [-0.39, 0.29) is 86.6 Å². The van der Waals surface area contributed by atoms with Crippen molar-refractivity contribution in [3.63, 3.8) is 0 Å². The van der Waals surface area contributed by atoms with Gasteiger partial charge in [0.25, 0.3) is 0 Å². The number of likely N-dealkylation sites (tertiary alicyclic amines) is 1. The molecule has 0 aliphatic carbocycles. The molecular formula is C33H50N6O8. The number of carbonyl (C=O) groups excluding carboxylic acids is 7. The van der Waals surface area contributed by atoms with Crippen LogP contribution in [0.4, 0.5) is 0 Å². The Hall–Kier alpha value is -4.33. The summed E-state index contributed by atoms with van der Waals surface area (Å²) in [4.78, 5) is 87.9. The van der Waals surface area contributed by atoms with Crippen molar-refractivity contribution in [2.45, 2.75) is 66.8 Å². The number of benzene rings is 1. The van der Waals surface area contributed by atoms with Crippen LogP contribution in [-0.4, -0.2) is 98.2 Å². The number of rotatable bonds is 17. The first-order chi connectivity index (χ1) is 22.0. The number of hydrogen-bond acceptors (Lipinski definition) is 8. The van der Waals surface area contributed by atoms with Gasteiger partial charge in [-0.25, -0.2) is 0 Å². The van der Waals surface area contributed by atoms with E-state index in [0.29, 0.717) is 6.54 Å². The van der Waals surface area contributed by atoms with Crippen LogP contribution in [0.5, 0.6) is 0 Å². The van der Waals surface area contributed by atoms with Crippen LogP contribution in [0.3, 0.4) is 0 Å². The smallest absolute Gasteiger partial charge is 0.243 e. The number of hydrogen-bond donors (Lipinski definition) is 5. The summed E-state index contributed by atoms with van der Waals surface area (Å²) in [6.07, 6.45) is 0.289. The first-order valence-electron chi connectivity index (χ1n) is 15.8. The summed E-state index contributed by atoms with van der Waals surface area (Å²) in [6, 6.07) is 8.02. The molecule has 0 bridgehead atoms. The predicted molar refractivity (Wildman–Crippen MR) is 173 cm³/mol. The number of ether oxygens (including phenoxy) is 1. The number of nitrogens with zero attached hydrogens (tertiary/aromatic N) is 1. The van der Waals surface area contributed by atoms with Crippen molar-refractivity contribution in [1.82, 2.24) is 31.5 Å². The van der Waals surface area contributed by atoms with Gasteiger partial charge in [-0.3, -0.25) is 38.5 Å². The molecule has 0 spiro atoms. The molecule has 2 atom stereocenters. The van der Waals surface area contributed by atoms with E-state index >= 15 is 0 Å². The van der Waals surface area contributed by atoms with Gasteiger partial charge in [-0.05, 0) is 16.4 Å². The molecule has 14 heteroatoms. The summed E-state index contributed by atoms with van der Waals surface area (Å²) < 4.78 is 5.41. The lowest BCUT2D eigenvalue weighted by atomic mass is 9.80. The van der Waals surface area contributed by atoms with E-state index in [1.54, 1.807) is 24.3 Å². The fourth-order valence-electron chi connectivity index (χ4n) is 4.55. The monoisotopic (exact) mass is 658 g/mol. The summed E-state index contributed by atoms with van der Waals surface area (Å²) >= 11 is 0. The van der Waals surface area contributed by atoms with Crippen LogP contribution in [0, 0.1) is 16.7 Å². The van der Waals surface area contributed by atoms with Gasteiger partial charge in [-0.2, -0.15) is 0 Å². The normalized spacial score (nSPS) is 15.5. The van der Waals surface area contributed by atoms with Crippen molar-refractivity contribution >= 4 is 41.4 Å². The van der Waals surface area contributed by atoms with Gasteiger partial charge in [-0.1, -0.05) is 71.9 Å². The van der Waals surface area contributed by atoms with E-state index in [1.165, 1.54) is 4.90 Å². The molecule has 5 N–H and O–H groups in total. The minimum absolute atomic E-state index is 0.0257. The first-order valence-corrected chi connectivity index (χ1v) is 15.8. The van der Waals surface area contributed by atoms with Crippen LogP contribution in [0.2, 0.25) is 0 Å². The van der Waals surface area contributed by atoms with Crippen LogP contribution in [0.1, 0.15) is 59.9 Å². The number of amides is 7. The average molecular weight is 659 g/mol. The average Bonchev–Trinajstić information content (AvgIpc) is 3.29. The summed E-state index contributed by atoms with van der Waals surface area (Å²) in [5.41, 5.74) is 0.347. The fraction of sp³-hybridized carbons (Fsp3) is 0.606. The third-order valence-electron chi connectivity index (χ3n) is 7.29. The molecule has 1 aromatic carbocycles. The Labute approximate surface area is 276 Å². The van der Waals surface area contributed by atoms with Gasteiger partial charge in [0.05, 0.1) is 45.3 Å². The Kier molecular flexibility index (Phi) is 15.0. The van der Waals surface area contributed by atoms with Gasteiger partial charge in [0.2, 0.25) is 41.4 Å². The largest absolute Gasteiger partial charge is 0.379 e. The van der Waals surface area contributed by atoms with Crippen molar-refractivity contribution in [3.8, 4) is 0 Å². The highest BCUT2D eigenvalue weighted by molar-refractivity contribution is 6.03. The fourth-order valence-corrected chi connectivity index (χ4v) is 4.55. The Morgan fingerprint density at radius 1 is 0.809 bits per heavy atom. The molecular weight excluding hydrogens is 608 g/mol. The number of nitrogens with one attached hydrogen (secondary N) is 5. The van der Waals surface area contributed by atoms with Crippen molar-refractivity contribution in [2.24, 2.45) is 16.7 Å². The van der Waals surface area contributed by atoms with Crippen LogP contribution >= 0.6 is 0 Å². The lowest BCUT2D eigenvalue weighted by Crippen LogP contribution is -2.52. The molecule has 1 aliphatic rings. The lowest BCUT2D eigenvalue weighted by molar-refractivity contribution is -0.141. The highest BCUT2D eigenvalue weighted by Crippen LogP contribution is 2.35. The zero-order valence-corrected chi connectivity index (χ0v) is 28.3. The second kappa shape index (κ2) is 18.1. The van der Waals surface area contributed by atoms with Crippen LogP contribution in [0.25, 0.3) is 0 Å². The van der Waals surface area contributed by atoms with Gasteiger partial charge in [-0.15, -0.1) is 0 Å². The molecule has 7 amide bonds. The summed E-state index contributed by atoms with van der Waals surface area (Å²) in [5, 5.41) is 12.7. The van der Waals surface area contributed by atoms with Gasteiger partial charge >= 0.3 is 0 Å². The molecule has 1 aliphatic heterocycles. The molecule has 0 radical (unpaired) electrons. The maximum atomic E-state index is 12.9. The Bertz CT molecular complexity index is 1270. The quantitative estimate of drug-likeness (QED) is 0.115. The molecule has 2 rings (SSSR count). The first kappa shape index (κ1) is 38.9. The predicted octanol–water partition coefficient (Wildman–Crippen LogP) is 0.0527. The topological polar surface area (TPSA) is 192 Å². The van der Waals surface area contributed by atoms with Crippen molar-refractivity contribution in [2.75, 3.05) is 45.9 Å². The minimum Gasteiger partial charge on any atom is -0.379 e. The molecule has 2 unspecified atom stereocenters. The third kappa shape index (κ3) is 14.8. The van der Waals surface area contributed by atoms with Crippen LogP contribution in [-0.2, 0) is 44.7 Å². The zero-order chi connectivity index (χ0) is 35.2. The van der Waals surface area contributed by atoms with E-state index in [1.807, 2.05) is 47.6 Å². The van der Waals surface area contributed by atoms with E-state index < -0.39 is 36.2 Å². The molecule has 260 valence electrons. The second-order valence-electron chi connectivity index (χ2n) is 13.8. The second-order valence-corrected chi connectivity index (χ2v) is 13.8. The SMILES string of the molecule is CC(C)(C)CNC(=O)CNC(=O)C(Cc1ccccc1)NC(=O)CNC(=O)CNC(=O)CCOCCN1C(=O)CC(C(C)(C)C)C1=O. The molecule has 0 aromatic heterocycles. The molecule has 1 saturated heterocycles. The van der Waals surface area contributed by atoms with E-state index in [9.17, 15) is 33.6 Å². The molecule has 1 aromatic rings. The van der Waals surface area contributed by atoms with Crippen molar-refractivity contribution in [1.29, 1.82) is 0 Å². The standard InChI is InChI=1S/C33H50N6O8/c1-32(2,3)21-37-27(42)19-36-30(45)24(16-22-10-8-7-9-11-22)38-28(43)20-35-26(41)18-34-25(40)12-14-47-15-13-39-29(44)17-23(31(39)46)33(4,5)6/h7-11,23-24H,12-21H2,1-6H3,(H,34,40)(H,35,41)(H,36,45)(H,37,42)(H,38,43). The van der Waals surface area contributed by atoms with E-state index in [4.69, 9.17) is 4.74 Å². The van der Waals surface area contributed by atoms with Crippen LogP contribution in [0.15, 0.2) is 30.3 Å². The number of imide groups is 1.